The van der Waals surface area contributed by atoms with Crippen molar-refractivity contribution in [2.24, 2.45) is 0 Å². The molecule has 2 aliphatic rings. The maximum absolute atomic E-state index is 12.4. The van der Waals surface area contributed by atoms with Crippen molar-refractivity contribution in [1.29, 1.82) is 0 Å². The molecule has 2 fully saturated rings. The second-order valence-corrected chi connectivity index (χ2v) is 6.34. The maximum atomic E-state index is 12.4. The molecule has 96 valence electrons. The number of likely N-dealkylation sites (tertiary alicyclic amines) is 1. The van der Waals surface area contributed by atoms with E-state index in [9.17, 15) is 14.7 Å². The number of thioether (sulfide) groups is 1. The molecule has 2 atom stereocenters. The first-order valence-electron chi connectivity index (χ1n) is 6.22. The van der Waals surface area contributed by atoms with Gasteiger partial charge in [0.25, 0.3) is 0 Å². The number of hydrogen-bond donors (Lipinski definition) is 1. The summed E-state index contributed by atoms with van der Waals surface area (Å²) in [7, 11) is 0. The lowest BCUT2D eigenvalue weighted by atomic mass is 9.88. The summed E-state index contributed by atoms with van der Waals surface area (Å²) in [4.78, 5) is 25.4. The predicted molar refractivity (Wildman–Crippen MR) is 67.1 cm³/mol. The zero-order chi connectivity index (χ0) is 12.5. The number of carboxylic acids is 1. The number of piperidine rings is 1. The summed E-state index contributed by atoms with van der Waals surface area (Å²) in [6.07, 6.45) is 4.36. The number of carbonyl (C=O) groups excluding carboxylic acids is 1. The van der Waals surface area contributed by atoms with Gasteiger partial charge in [-0.25, -0.2) is 4.79 Å². The molecule has 5 heteroatoms. The molecule has 0 aliphatic carbocycles. The van der Waals surface area contributed by atoms with Gasteiger partial charge in [0.2, 0.25) is 5.91 Å². The van der Waals surface area contributed by atoms with Crippen molar-refractivity contribution in [3.8, 4) is 0 Å². The van der Waals surface area contributed by atoms with E-state index < -0.39 is 11.5 Å². The Morgan fingerprint density at radius 3 is 2.71 bits per heavy atom. The van der Waals surface area contributed by atoms with Crippen molar-refractivity contribution < 1.29 is 14.7 Å². The van der Waals surface area contributed by atoms with Gasteiger partial charge in [0.15, 0.2) is 0 Å². The predicted octanol–water partition coefficient (Wildman–Crippen LogP) is 1.74. The number of rotatable bonds is 2. The molecule has 1 N–H and O–H groups in total. The minimum absolute atomic E-state index is 0.00762. The molecule has 0 spiro atoms. The first kappa shape index (κ1) is 12.7. The molecular weight excluding hydrogens is 238 g/mol. The van der Waals surface area contributed by atoms with Gasteiger partial charge in [0, 0.05) is 6.54 Å². The molecule has 0 aromatic heterocycles. The van der Waals surface area contributed by atoms with Crippen LogP contribution in [0.4, 0.5) is 0 Å². The van der Waals surface area contributed by atoms with Gasteiger partial charge in [-0.3, -0.25) is 4.79 Å². The number of nitrogens with zero attached hydrogens (tertiary/aromatic N) is 1. The van der Waals surface area contributed by atoms with Crippen LogP contribution in [0.1, 0.15) is 39.0 Å². The van der Waals surface area contributed by atoms with Crippen LogP contribution >= 0.6 is 11.8 Å². The fraction of sp³-hybridized carbons (Fsp3) is 0.833. The summed E-state index contributed by atoms with van der Waals surface area (Å²) in [5.74, 6) is 0.194. The van der Waals surface area contributed by atoms with Crippen LogP contribution in [0.25, 0.3) is 0 Å². The number of carbonyl (C=O) groups is 2. The molecule has 0 bridgehead atoms. The SMILES string of the molecule is CC1(C(=O)O)CCCCN1C(=O)C1CCCS1. The summed E-state index contributed by atoms with van der Waals surface area (Å²) in [5.41, 5.74) is -0.988. The third-order valence-corrected chi connectivity index (χ3v) is 5.19. The second kappa shape index (κ2) is 4.88. The number of carboxylic acid groups (broad SMARTS) is 1. The third kappa shape index (κ3) is 2.30. The zero-order valence-corrected chi connectivity index (χ0v) is 11.0. The van der Waals surface area contributed by atoms with E-state index in [2.05, 4.69) is 0 Å². The average molecular weight is 257 g/mol. The van der Waals surface area contributed by atoms with Crippen LogP contribution in [-0.2, 0) is 9.59 Å². The van der Waals surface area contributed by atoms with Gasteiger partial charge in [0.05, 0.1) is 5.25 Å². The Morgan fingerprint density at radius 1 is 1.35 bits per heavy atom. The smallest absolute Gasteiger partial charge is 0.329 e. The van der Waals surface area contributed by atoms with Crippen LogP contribution in [0.2, 0.25) is 0 Å². The molecule has 2 unspecified atom stereocenters. The van der Waals surface area contributed by atoms with E-state index in [1.54, 1.807) is 23.6 Å². The summed E-state index contributed by atoms with van der Waals surface area (Å²) < 4.78 is 0. The van der Waals surface area contributed by atoms with E-state index >= 15 is 0 Å². The Balaban J connectivity index is 2.15. The van der Waals surface area contributed by atoms with Crippen molar-refractivity contribution in [3.05, 3.63) is 0 Å². The highest BCUT2D eigenvalue weighted by atomic mass is 32.2. The summed E-state index contributed by atoms with van der Waals surface area (Å²) in [6, 6.07) is 0. The van der Waals surface area contributed by atoms with Gasteiger partial charge in [-0.2, -0.15) is 0 Å². The molecule has 2 heterocycles. The van der Waals surface area contributed by atoms with Crippen LogP contribution in [-0.4, -0.2) is 45.0 Å². The standard InChI is InChI=1S/C12H19NO3S/c1-12(11(15)16)6-2-3-7-13(12)10(14)9-5-4-8-17-9/h9H,2-8H2,1H3,(H,15,16). The second-order valence-electron chi connectivity index (χ2n) is 5.03. The van der Waals surface area contributed by atoms with Gasteiger partial charge in [0.1, 0.15) is 5.54 Å². The van der Waals surface area contributed by atoms with E-state index in [4.69, 9.17) is 0 Å². The first-order chi connectivity index (χ1) is 8.05. The van der Waals surface area contributed by atoms with Gasteiger partial charge in [-0.1, -0.05) is 0 Å². The third-order valence-electron chi connectivity index (χ3n) is 3.82. The molecule has 17 heavy (non-hydrogen) atoms. The fourth-order valence-corrected chi connectivity index (χ4v) is 3.86. The fourth-order valence-electron chi connectivity index (χ4n) is 2.64. The highest BCUT2D eigenvalue weighted by Crippen LogP contribution is 2.34. The van der Waals surface area contributed by atoms with Gasteiger partial charge >= 0.3 is 5.97 Å². The summed E-state index contributed by atoms with van der Waals surface area (Å²) in [6.45, 7) is 2.28. The Kier molecular flexibility index (Phi) is 3.66. The van der Waals surface area contributed by atoms with Crippen LogP contribution in [0.5, 0.6) is 0 Å². The monoisotopic (exact) mass is 257 g/mol. The lowest BCUT2D eigenvalue weighted by Gasteiger charge is -2.42. The van der Waals surface area contributed by atoms with Crippen LogP contribution in [0.3, 0.4) is 0 Å². The first-order valence-corrected chi connectivity index (χ1v) is 7.27. The normalized spacial score (nSPS) is 33.7. The van der Waals surface area contributed by atoms with E-state index in [-0.39, 0.29) is 11.2 Å². The van der Waals surface area contributed by atoms with Crippen molar-refractivity contribution in [1.82, 2.24) is 4.90 Å². The topological polar surface area (TPSA) is 57.6 Å². The van der Waals surface area contributed by atoms with Crippen molar-refractivity contribution in [2.75, 3.05) is 12.3 Å². The number of amides is 1. The van der Waals surface area contributed by atoms with E-state index in [1.807, 2.05) is 0 Å². The summed E-state index contributed by atoms with van der Waals surface area (Å²) in [5, 5.41) is 9.35. The highest BCUT2D eigenvalue weighted by molar-refractivity contribution is 8.00. The van der Waals surface area contributed by atoms with Gasteiger partial charge in [-0.15, -0.1) is 11.8 Å². The molecule has 4 nitrogen and oxygen atoms in total. The number of aliphatic carboxylic acids is 1. The molecule has 2 saturated heterocycles. The minimum Gasteiger partial charge on any atom is -0.480 e. The molecular formula is C12H19NO3S. The number of hydrogen-bond acceptors (Lipinski definition) is 3. The van der Waals surface area contributed by atoms with E-state index in [0.29, 0.717) is 13.0 Å². The summed E-state index contributed by atoms with van der Waals surface area (Å²) >= 11 is 1.67. The lowest BCUT2D eigenvalue weighted by molar-refractivity contribution is -0.160. The Hall–Kier alpha value is -0.710. The van der Waals surface area contributed by atoms with Crippen molar-refractivity contribution >= 4 is 23.6 Å². The molecule has 0 saturated carbocycles. The zero-order valence-electron chi connectivity index (χ0n) is 10.1. The Bertz CT molecular complexity index is 328. The van der Waals surface area contributed by atoms with Crippen LogP contribution < -0.4 is 0 Å². The van der Waals surface area contributed by atoms with Gasteiger partial charge < -0.3 is 10.0 Å². The van der Waals surface area contributed by atoms with Crippen molar-refractivity contribution in [2.45, 2.75) is 49.8 Å². The quantitative estimate of drug-likeness (QED) is 0.818. The Morgan fingerprint density at radius 2 is 2.12 bits per heavy atom. The lowest BCUT2D eigenvalue weighted by Crippen LogP contribution is -2.59. The average Bonchev–Trinajstić information content (AvgIpc) is 2.82. The largest absolute Gasteiger partial charge is 0.480 e. The molecule has 0 aromatic rings. The Labute approximate surface area is 106 Å². The molecule has 0 radical (unpaired) electrons. The highest BCUT2D eigenvalue weighted by Gasteiger charge is 2.45. The molecule has 2 aliphatic heterocycles. The van der Waals surface area contributed by atoms with E-state index in [0.717, 1.165) is 31.4 Å². The maximum Gasteiger partial charge on any atom is 0.329 e. The van der Waals surface area contributed by atoms with Gasteiger partial charge in [-0.05, 0) is 44.8 Å². The molecule has 2 rings (SSSR count). The van der Waals surface area contributed by atoms with Crippen LogP contribution in [0, 0.1) is 0 Å². The molecule has 0 aromatic carbocycles. The molecule has 1 amide bonds. The minimum atomic E-state index is -0.988. The van der Waals surface area contributed by atoms with E-state index in [1.165, 1.54) is 0 Å². The van der Waals surface area contributed by atoms with Crippen molar-refractivity contribution in [3.63, 3.8) is 0 Å². The van der Waals surface area contributed by atoms with Crippen LogP contribution in [0.15, 0.2) is 0 Å².